The molecule has 1 rings (SSSR count). The van der Waals surface area contributed by atoms with E-state index in [4.69, 9.17) is 9.47 Å². The quantitative estimate of drug-likeness (QED) is 0.786. The highest BCUT2D eigenvalue weighted by atomic mass is 19.2. The molecule has 0 heterocycles. The van der Waals surface area contributed by atoms with E-state index >= 15 is 0 Å². The summed E-state index contributed by atoms with van der Waals surface area (Å²) in [5.41, 5.74) is 0. The Kier molecular flexibility index (Phi) is 5.51. The molecule has 100 valence electrons. The van der Waals surface area contributed by atoms with Gasteiger partial charge in [0.1, 0.15) is 12.6 Å². The molecular weight excluding hydrogens is 244 g/mol. The van der Waals surface area contributed by atoms with Gasteiger partial charge in [-0.25, -0.2) is 4.39 Å². The Morgan fingerprint density at radius 1 is 1.44 bits per heavy atom. The van der Waals surface area contributed by atoms with Crippen molar-refractivity contribution in [3.63, 3.8) is 0 Å². The van der Waals surface area contributed by atoms with Gasteiger partial charge in [-0.2, -0.15) is 4.39 Å². The number of carbonyl (C=O) groups excluding carboxylic acids is 1. The highest BCUT2D eigenvalue weighted by molar-refractivity contribution is 5.75. The van der Waals surface area contributed by atoms with E-state index in [1.165, 1.54) is 12.1 Å². The van der Waals surface area contributed by atoms with Crippen molar-refractivity contribution in [2.75, 3.05) is 20.3 Å². The van der Waals surface area contributed by atoms with Gasteiger partial charge >= 0.3 is 5.97 Å². The molecule has 1 unspecified atom stereocenters. The summed E-state index contributed by atoms with van der Waals surface area (Å²) in [6, 6.07) is 2.87. The van der Waals surface area contributed by atoms with Crippen LogP contribution in [0.25, 0.3) is 0 Å². The fraction of sp³-hybridized carbons (Fsp3) is 0.417. The van der Waals surface area contributed by atoms with Gasteiger partial charge in [0, 0.05) is 0 Å². The number of ether oxygens (including phenoxy) is 2. The van der Waals surface area contributed by atoms with Crippen molar-refractivity contribution in [2.24, 2.45) is 0 Å². The molecule has 0 aliphatic rings. The molecule has 0 saturated heterocycles. The van der Waals surface area contributed by atoms with Crippen molar-refractivity contribution < 1.29 is 23.0 Å². The zero-order valence-electron chi connectivity index (χ0n) is 10.2. The Morgan fingerprint density at radius 2 is 2.17 bits per heavy atom. The molecule has 1 aromatic carbocycles. The second-order valence-electron chi connectivity index (χ2n) is 3.46. The zero-order valence-corrected chi connectivity index (χ0v) is 10.2. The monoisotopic (exact) mass is 259 g/mol. The van der Waals surface area contributed by atoms with E-state index in [0.29, 0.717) is 0 Å². The van der Waals surface area contributed by atoms with E-state index in [-0.39, 0.29) is 19.0 Å². The van der Waals surface area contributed by atoms with Crippen LogP contribution >= 0.6 is 0 Å². The predicted molar refractivity (Wildman–Crippen MR) is 61.3 cm³/mol. The van der Waals surface area contributed by atoms with Gasteiger partial charge in [-0.1, -0.05) is 6.07 Å². The molecule has 0 bridgehead atoms. The average Bonchev–Trinajstić information content (AvgIpc) is 2.35. The highest BCUT2D eigenvalue weighted by Crippen LogP contribution is 2.19. The van der Waals surface area contributed by atoms with E-state index in [1.807, 2.05) is 0 Å². The van der Waals surface area contributed by atoms with E-state index in [9.17, 15) is 13.6 Å². The maximum Gasteiger partial charge on any atom is 0.326 e. The number of hydrogen-bond donors (Lipinski definition) is 1. The first-order valence-corrected chi connectivity index (χ1v) is 5.50. The van der Waals surface area contributed by atoms with Gasteiger partial charge in [-0.05, 0) is 26.1 Å². The number of carbonyl (C=O) groups is 1. The zero-order chi connectivity index (χ0) is 13.5. The number of likely N-dealkylation sites (N-methyl/N-ethyl adjacent to an activating group) is 1. The summed E-state index contributed by atoms with van der Waals surface area (Å²) < 4.78 is 36.0. The summed E-state index contributed by atoms with van der Waals surface area (Å²) in [4.78, 5) is 11.4. The van der Waals surface area contributed by atoms with Crippen molar-refractivity contribution in [1.29, 1.82) is 0 Å². The Bertz CT molecular complexity index is 412. The molecule has 0 saturated carbocycles. The number of rotatable bonds is 6. The van der Waals surface area contributed by atoms with E-state index < -0.39 is 23.6 Å². The third-order valence-corrected chi connectivity index (χ3v) is 2.24. The Balaban J connectivity index is 2.62. The molecule has 0 aromatic heterocycles. The molecule has 1 aromatic rings. The van der Waals surface area contributed by atoms with Crippen molar-refractivity contribution >= 4 is 5.97 Å². The van der Waals surface area contributed by atoms with Crippen LogP contribution in [0.5, 0.6) is 5.75 Å². The maximum atomic E-state index is 13.3. The first-order valence-electron chi connectivity index (χ1n) is 5.50. The average molecular weight is 259 g/mol. The fourth-order valence-electron chi connectivity index (χ4n) is 1.28. The first-order chi connectivity index (χ1) is 8.60. The van der Waals surface area contributed by atoms with E-state index in [1.54, 1.807) is 14.0 Å². The SMILES string of the molecule is CCOC(=O)C(COc1cccc(F)c1F)NC. The summed E-state index contributed by atoms with van der Waals surface area (Å²) in [5, 5.41) is 2.68. The minimum Gasteiger partial charge on any atom is -0.488 e. The van der Waals surface area contributed by atoms with Crippen LogP contribution in [0.1, 0.15) is 6.92 Å². The lowest BCUT2D eigenvalue weighted by molar-refractivity contribution is -0.146. The number of nitrogens with one attached hydrogen (secondary N) is 1. The Morgan fingerprint density at radius 3 is 2.78 bits per heavy atom. The molecule has 18 heavy (non-hydrogen) atoms. The molecule has 4 nitrogen and oxygen atoms in total. The summed E-state index contributed by atoms with van der Waals surface area (Å²) >= 11 is 0. The lowest BCUT2D eigenvalue weighted by Gasteiger charge is -2.15. The molecule has 0 fully saturated rings. The van der Waals surface area contributed by atoms with Gasteiger partial charge < -0.3 is 14.8 Å². The number of hydrogen-bond acceptors (Lipinski definition) is 4. The van der Waals surface area contributed by atoms with Crippen LogP contribution in [-0.4, -0.2) is 32.3 Å². The molecule has 0 amide bonds. The van der Waals surface area contributed by atoms with Crippen LogP contribution in [0.15, 0.2) is 18.2 Å². The van der Waals surface area contributed by atoms with Gasteiger partial charge in [-0.15, -0.1) is 0 Å². The van der Waals surface area contributed by atoms with Crippen LogP contribution in [0.2, 0.25) is 0 Å². The van der Waals surface area contributed by atoms with Gasteiger partial charge in [0.05, 0.1) is 6.61 Å². The van der Waals surface area contributed by atoms with Crippen LogP contribution in [0.3, 0.4) is 0 Å². The molecule has 6 heteroatoms. The van der Waals surface area contributed by atoms with Crippen LogP contribution in [-0.2, 0) is 9.53 Å². The van der Waals surface area contributed by atoms with Gasteiger partial charge in [0.25, 0.3) is 0 Å². The summed E-state index contributed by atoms with van der Waals surface area (Å²) in [6.45, 7) is 1.78. The van der Waals surface area contributed by atoms with Crippen LogP contribution in [0.4, 0.5) is 8.78 Å². The number of esters is 1. The second-order valence-corrected chi connectivity index (χ2v) is 3.46. The maximum absolute atomic E-state index is 13.3. The highest BCUT2D eigenvalue weighted by Gasteiger charge is 2.19. The molecule has 0 aliphatic carbocycles. The Labute approximate surface area is 104 Å². The molecule has 0 radical (unpaired) electrons. The minimum atomic E-state index is -1.07. The predicted octanol–water partition coefficient (Wildman–Crippen LogP) is 1.49. The molecule has 1 atom stereocenters. The van der Waals surface area contributed by atoms with Gasteiger partial charge in [0.2, 0.25) is 5.82 Å². The minimum absolute atomic E-state index is 0.143. The normalized spacial score (nSPS) is 12.0. The van der Waals surface area contributed by atoms with Crippen LogP contribution in [0, 0.1) is 11.6 Å². The van der Waals surface area contributed by atoms with E-state index in [0.717, 1.165) is 6.07 Å². The Hall–Kier alpha value is -1.69. The fourth-order valence-corrected chi connectivity index (χ4v) is 1.28. The van der Waals surface area contributed by atoms with Crippen molar-refractivity contribution in [3.8, 4) is 5.75 Å². The number of benzene rings is 1. The van der Waals surface area contributed by atoms with Crippen molar-refractivity contribution in [3.05, 3.63) is 29.8 Å². The standard InChI is InChI=1S/C12H15F2NO3/c1-3-17-12(16)9(15-2)7-18-10-6-4-5-8(13)11(10)14/h4-6,9,15H,3,7H2,1-2H3. The largest absolute Gasteiger partial charge is 0.488 e. The third-order valence-electron chi connectivity index (χ3n) is 2.24. The molecule has 1 N–H and O–H groups in total. The summed E-state index contributed by atoms with van der Waals surface area (Å²) in [7, 11) is 1.55. The van der Waals surface area contributed by atoms with Crippen molar-refractivity contribution in [1.82, 2.24) is 5.32 Å². The molecule has 0 spiro atoms. The second kappa shape index (κ2) is 6.90. The molecule has 0 aliphatic heterocycles. The summed E-state index contributed by atoms with van der Waals surface area (Å²) in [6.07, 6.45) is 0. The van der Waals surface area contributed by atoms with Gasteiger partial charge in [0.15, 0.2) is 11.6 Å². The lowest BCUT2D eigenvalue weighted by atomic mass is 10.3. The smallest absolute Gasteiger partial charge is 0.326 e. The van der Waals surface area contributed by atoms with E-state index in [2.05, 4.69) is 5.32 Å². The first kappa shape index (κ1) is 14.4. The topological polar surface area (TPSA) is 47.6 Å². The van der Waals surface area contributed by atoms with Gasteiger partial charge in [-0.3, -0.25) is 4.79 Å². The number of halogens is 2. The van der Waals surface area contributed by atoms with Crippen LogP contribution < -0.4 is 10.1 Å². The lowest BCUT2D eigenvalue weighted by Crippen LogP contribution is -2.40. The third kappa shape index (κ3) is 3.66. The van der Waals surface area contributed by atoms with Crippen molar-refractivity contribution in [2.45, 2.75) is 13.0 Å². The summed E-state index contributed by atoms with van der Waals surface area (Å²) in [5.74, 6) is -2.81. The molecular formula is C12H15F2NO3.